The van der Waals surface area contributed by atoms with Gasteiger partial charge in [0.15, 0.2) is 0 Å². The van der Waals surface area contributed by atoms with Crippen molar-refractivity contribution in [2.24, 2.45) is 0 Å². The zero-order valence-electron chi connectivity index (χ0n) is 16.8. The Bertz CT molecular complexity index is 335. The van der Waals surface area contributed by atoms with E-state index in [0.29, 0.717) is 0 Å². The number of hydrogen-bond acceptors (Lipinski definition) is 4. The third-order valence-corrected chi connectivity index (χ3v) is 4.13. The Kier molecular flexibility index (Phi) is 8.67. The van der Waals surface area contributed by atoms with Crippen molar-refractivity contribution < 1.29 is 19.3 Å². The fourth-order valence-corrected chi connectivity index (χ4v) is 3.05. The van der Waals surface area contributed by atoms with Crippen LogP contribution < -0.4 is 0 Å². The van der Waals surface area contributed by atoms with Crippen LogP contribution in [-0.2, 0) is 14.2 Å². The first kappa shape index (κ1) is 21.9. The summed E-state index contributed by atoms with van der Waals surface area (Å²) in [7, 11) is 0. The molecule has 144 valence electrons. The Hall–Kier alpha value is -0.160. The largest absolute Gasteiger partial charge is 0.390 e. The summed E-state index contributed by atoms with van der Waals surface area (Å²) in [5.74, 6) is 0. The van der Waals surface area contributed by atoms with Gasteiger partial charge in [0, 0.05) is 32.7 Å². The summed E-state index contributed by atoms with van der Waals surface area (Å²) in [4.78, 5) is 0. The maximum atomic E-state index is 10.4. The van der Waals surface area contributed by atoms with Crippen molar-refractivity contribution in [3.8, 4) is 0 Å². The lowest BCUT2D eigenvalue weighted by molar-refractivity contribution is -0.181. The molecule has 1 aliphatic carbocycles. The summed E-state index contributed by atoms with van der Waals surface area (Å²) in [6.45, 7) is 14.8. The molecule has 1 aliphatic rings. The van der Waals surface area contributed by atoms with Gasteiger partial charge in [-0.15, -0.1) is 0 Å². The molecular formula is C20H40O4. The Balaban J connectivity index is 1.89. The molecule has 0 amide bonds. The molecule has 24 heavy (non-hydrogen) atoms. The van der Waals surface area contributed by atoms with Crippen LogP contribution in [0.1, 0.15) is 86.5 Å². The Morgan fingerprint density at radius 2 is 1.46 bits per heavy atom. The first-order valence-electron chi connectivity index (χ1n) is 9.61. The zero-order valence-corrected chi connectivity index (χ0v) is 16.8. The van der Waals surface area contributed by atoms with E-state index in [0.717, 1.165) is 64.8 Å². The molecule has 0 aromatic carbocycles. The molecule has 0 radical (unpaired) electrons. The van der Waals surface area contributed by atoms with Gasteiger partial charge in [0.05, 0.1) is 22.9 Å². The summed E-state index contributed by atoms with van der Waals surface area (Å²) >= 11 is 0. The van der Waals surface area contributed by atoms with Crippen LogP contribution in [0, 0.1) is 0 Å². The molecule has 0 aliphatic heterocycles. The molecule has 1 saturated carbocycles. The predicted molar refractivity (Wildman–Crippen MR) is 98.4 cm³/mol. The third-order valence-electron chi connectivity index (χ3n) is 4.13. The van der Waals surface area contributed by atoms with Gasteiger partial charge in [-0.2, -0.15) is 0 Å². The van der Waals surface area contributed by atoms with Crippen LogP contribution in [0.5, 0.6) is 0 Å². The van der Waals surface area contributed by atoms with Gasteiger partial charge in [-0.25, -0.2) is 0 Å². The number of unbranched alkanes of at least 4 members (excludes halogenated alkanes) is 2. The summed E-state index contributed by atoms with van der Waals surface area (Å²) < 4.78 is 17.2. The van der Waals surface area contributed by atoms with Gasteiger partial charge in [-0.1, -0.05) is 12.8 Å². The second-order valence-electron chi connectivity index (χ2n) is 9.22. The van der Waals surface area contributed by atoms with E-state index in [1.165, 1.54) is 0 Å². The van der Waals surface area contributed by atoms with Crippen molar-refractivity contribution in [3.63, 3.8) is 0 Å². The van der Waals surface area contributed by atoms with E-state index in [1.54, 1.807) is 0 Å². The lowest BCUT2D eigenvalue weighted by Crippen LogP contribution is -2.50. The van der Waals surface area contributed by atoms with Gasteiger partial charge in [0.2, 0.25) is 0 Å². The van der Waals surface area contributed by atoms with E-state index in [4.69, 9.17) is 14.2 Å². The minimum absolute atomic E-state index is 0.0568. The summed E-state index contributed by atoms with van der Waals surface area (Å²) in [6.07, 6.45) is 6.89. The molecule has 0 aromatic rings. The highest BCUT2D eigenvalue weighted by molar-refractivity contribution is 4.95. The minimum Gasteiger partial charge on any atom is -0.390 e. The molecule has 4 nitrogen and oxygen atoms in total. The standard InChI is InChI=1S/C20H40O4/c1-18(2,3)23-14-10-13-22-12-9-7-8-11-20(21)15-17(16-20)24-19(4,5)6/h17,21H,7-16H2,1-6H3. The van der Waals surface area contributed by atoms with Crippen LogP contribution in [0.4, 0.5) is 0 Å². The van der Waals surface area contributed by atoms with Crippen LogP contribution in [-0.4, -0.2) is 47.8 Å². The second kappa shape index (κ2) is 9.51. The summed E-state index contributed by atoms with van der Waals surface area (Å²) in [5.41, 5.74) is -0.652. The first-order valence-corrected chi connectivity index (χ1v) is 9.61. The van der Waals surface area contributed by atoms with Gasteiger partial charge in [0.1, 0.15) is 0 Å². The maximum Gasteiger partial charge on any atom is 0.0697 e. The van der Waals surface area contributed by atoms with E-state index in [-0.39, 0.29) is 17.3 Å². The van der Waals surface area contributed by atoms with Gasteiger partial charge in [-0.3, -0.25) is 0 Å². The normalized spacial score (nSPS) is 24.9. The van der Waals surface area contributed by atoms with E-state index in [1.807, 2.05) is 0 Å². The highest BCUT2D eigenvalue weighted by Crippen LogP contribution is 2.40. The number of ether oxygens (including phenoxy) is 3. The fraction of sp³-hybridized carbons (Fsp3) is 1.00. The number of rotatable bonds is 11. The Labute approximate surface area is 149 Å². The average molecular weight is 345 g/mol. The fourth-order valence-electron chi connectivity index (χ4n) is 3.05. The van der Waals surface area contributed by atoms with Crippen LogP contribution in [0.15, 0.2) is 0 Å². The van der Waals surface area contributed by atoms with Crippen molar-refractivity contribution in [2.45, 2.75) is 109 Å². The summed E-state index contributed by atoms with van der Waals surface area (Å²) in [5, 5.41) is 10.4. The molecular weight excluding hydrogens is 304 g/mol. The smallest absolute Gasteiger partial charge is 0.0697 e. The van der Waals surface area contributed by atoms with E-state index in [9.17, 15) is 5.11 Å². The van der Waals surface area contributed by atoms with Gasteiger partial charge in [-0.05, 0) is 60.8 Å². The van der Waals surface area contributed by atoms with Gasteiger partial charge < -0.3 is 19.3 Å². The molecule has 1 rings (SSSR count). The molecule has 0 saturated heterocycles. The predicted octanol–water partition coefficient (Wildman–Crippen LogP) is 4.48. The Morgan fingerprint density at radius 1 is 0.833 bits per heavy atom. The first-order chi connectivity index (χ1) is 11.0. The minimum atomic E-state index is -0.485. The van der Waals surface area contributed by atoms with Gasteiger partial charge in [0.25, 0.3) is 0 Å². The molecule has 0 bridgehead atoms. The zero-order chi connectivity index (χ0) is 18.3. The molecule has 4 heteroatoms. The molecule has 0 heterocycles. The maximum absolute atomic E-state index is 10.4. The van der Waals surface area contributed by atoms with E-state index in [2.05, 4.69) is 41.5 Å². The van der Waals surface area contributed by atoms with Crippen molar-refractivity contribution in [3.05, 3.63) is 0 Å². The van der Waals surface area contributed by atoms with Crippen LogP contribution >= 0.6 is 0 Å². The Morgan fingerprint density at radius 3 is 2.04 bits per heavy atom. The second-order valence-corrected chi connectivity index (χ2v) is 9.22. The van der Waals surface area contributed by atoms with Crippen molar-refractivity contribution in [2.75, 3.05) is 19.8 Å². The number of aliphatic hydroxyl groups is 1. The highest BCUT2D eigenvalue weighted by atomic mass is 16.5. The monoisotopic (exact) mass is 344 g/mol. The van der Waals surface area contributed by atoms with E-state index < -0.39 is 5.60 Å². The SMILES string of the molecule is CC(C)(C)OCCCOCCCCCC1(O)CC(OC(C)(C)C)C1. The molecule has 0 aromatic heterocycles. The van der Waals surface area contributed by atoms with Crippen molar-refractivity contribution >= 4 is 0 Å². The highest BCUT2D eigenvalue weighted by Gasteiger charge is 2.43. The quantitative estimate of drug-likeness (QED) is 0.562. The summed E-state index contributed by atoms with van der Waals surface area (Å²) in [6, 6.07) is 0. The topological polar surface area (TPSA) is 47.9 Å². The average Bonchev–Trinajstić information content (AvgIpc) is 2.36. The molecule has 0 atom stereocenters. The molecule has 1 fully saturated rings. The third kappa shape index (κ3) is 10.7. The van der Waals surface area contributed by atoms with Crippen LogP contribution in [0.2, 0.25) is 0 Å². The van der Waals surface area contributed by atoms with Crippen LogP contribution in [0.25, 0.3) is 0 Å². The van der Waals surface area contributed by atoms with Gasteiger partial charge >= 0.3 is 0 Å². The van der Waals surface area contributed by atoms with Crippen molar-refractivity contribution in [1.29, 1.82) is 0 Å². The van der Waals surface area contributed by atoms with E-state index >= 15 is 0 Å². The molecule has 0 unspecified atom stereocenters. The number of hydrogen-bond donors (Lipinski definition) is 1. The molecule has 0 spiro atoms. The molecule has 1 N–H and O–H groups in total. The van der Waals surface area contributed by atoms with Crippen LogP contribution in [0.3, 0.4) is 0 Å². The lowest BCUT2D eigenvalue weighted by Gasteiger charge is -2.46. The van der Waals surface area contributed by atoms with Crippen molar-refractivity contribution in [1.82, 2.24) is 0 Å². The lowest BCUT2D eigenvalue weighted by atomic mass is 9.74.